The number of amides is 1. The van der Waals surface area contributed by atoms with Gasteiger partial charge >= 0.3 is 0 Å². The average Bonchev–Trinajstić information content (AvgIpc) is 2.81. The minimum absolute atomic E-state index is 0. The van der Waals surface area contributed by atoms with Gasteiger partial charge in [-0.3, -0.25) is 4.79 Å². The van der Waals surface area contributed by atoms with Crippen LogP contribution in [0.1, 0.15) is 33.6 Å². The normalized spacial score (nSPS) is 22.1. The van der Waals surface area contributed by atoms with Crippen molar-refractivity contribution >= 4 is 35.8 Å². The van der Waals surface area contributed by atoms with Gasteiger partial charge in [0.25, 0.3) is 0 Å². The molecular formula is C13H27IN4O2. The Balaban J connectivity index is 0.00000361. The first-order valence-electron chi connectivity index (χ1n) is 7.02. The van der Waals surface area contributed by atoms with Crippen molar-refractivity contribution in [3.8, 4) is 0 Å². The zero-order chi connectivity index (χ0) is 14.1. The highest BCUT2D eigenvalue weighted by Gasteiger charge is 2.29. The van der Waals surface area contributed by atoms with Crippen LogP contribution in [0.3, 0.4) is 0 Å². The van der Waals surface area contributed by atoms with Crippen molar-refractivity contribution in [2.24, 2.45) is 4.99 Å². The summed E-state index contributed by atoms with van der Waals surface area (Å²) in [6.07, 6.45) is 2.15. The second-order valence-corrected chi connectivity index (χ2v) is 4.90. The molecule has 20 heavy (non-hydrogen) atoms. The average molecular weight is 398 g/mol. The van der Waals surface area contributed by atoms with Gasteiger partial charge in [-0.15, -0.1) is 24.0 Å². The quantitative estimate of drug-likeness (QED) is 0.353. The molecule has 1 saturated heterocycles. The van der Waals surface area contributed by atoms with Gasteiger partial charge in [0.1, 0.15) is 6.54 Å². The molecule has 0 radical (unpaired) electrons. The number of carbonyl (C=O) groups excluding carboxylic acids is 1. The molecule has 118 valence electrons. The molecule has 1 aliphatic heterocycles. The number of ether oxygens (including phenoxy) is 1. The van der Waals surface area contributed by atoms with E-state index in [4.69, 9.17) is 4.74 Å². The van der Waals surface area contributed by atoms with Crippen LogP contribution < -0.4 is 16.0 Å². The van der Waals surface area contributed by atoms with Gasteiger partial charge in [0.2, 0.25) is 5.91 Å². The summed E-state index contributed by atoms with van der Waals surface area (Å²) >= 11 is 0. The van der Waals surface area contributed by atoms with Gasteiger partial charge in [-0.1, -0.05) is 0 Å². The Kier molecular flexibility index (Phi) is 9.91. The summed E-state index contributed by atoms with van der Waals surface area (Å²) in [4.78, 5) is 15.6. The van der Waals surface area contributed by atoms with Crippen LogP contribution in [0, 0.1) is 0 Å². The van der Waals surface area contributed by atoms with Crippen LogP contribution in [0.2, 0.25) is 0 Å². The summed E-state index contributed by atoms with van der Waals surface area (Å²) in [6, 6.07) is 0. The van der Waals surface area contributed by atoms with Gasteiger partial charge in [0, 0.05) is 26.2 Å². The molecule has 1 amide bonds. The summed E-state index contributed by atoms with van der Waals surface area (Å²) in [5.41, 5.74) is -0.123. The maximum absolute atomic E-state index is 11.4. The molecule has 3 N–H and O–H groups in total. The van der Waals surface area contributed by atoms with E-state index in [0.717, 1.165) is 26.0 Å². The lowest BCUT2D eigenvalue weighted by atomic mass is 10.0. The molecule has 1 fully saturated rings. The van der Waals surface area contributed by atoms with Gasteiger partial charge in [-0.25, -0.2) is 4.99 Å². The van der Waals surface area contributed by atoms with Crippen LogP contribution in [0.25, 0.3) is 0 Å². The van der Waals surface area contributed by atoms with Crippen molar-refractivity contribution in [3.63, 3.8) is 0 Å². The standard InChI is InChI=1S/C13H26N4O2.HI/c1-4-14-11(18)9-16-12(15-5-2)17-10-13(3)7-6-8-19-13;/h4-10H2,1-3H3,(H,14,18)(H2,15,16,17);1H. The van der Waals surface area contributed by atoms with E-state index in [0.29, 0.717) is 19.0 Å². The molecule has 1 rings (SSSR count). The Morgan fingerprint density at radius 1 is 1.25 bits per heavy atom. The molecule has 1 aliphatic rings. The fourth-order valence-electron chi connectivity index (χ4n) is 1.99. The number of aliphatic imine (C=N–C) groups is 1. The van der Waals surface area contributed by atoms with Crippen molar-refractivity contribution in [1.29, 1.82) is 0 Å². The number of halogens is 1. The predicted molar refractivity (Wildman–Crippen MR) is 91.7 cm³/mol. The number of rotatable bonds is 6. The largest absolute Gasteiger partial charge is 0.373 e. The van der Waals surface area contributed by atoms with E-state index in [-0.39, 0.29) is 42.0 Å². The molecule has 0 saturated carbocycles. The van der Waals surface area contributed by atoms with Crippen molar-refractivity contribution in [2.75, 3.05) is 32.8 Å². The van der Waals surface area contributed by atoms with Crippen LogP contribution in [0.15, 0.2) is 4.99 Å². The first-order valence-corrected chi connectivity index (χ1v) is 7.02. The molecule has 1 heterocycles. The maximum Gasteiger partial charge on any atom is 0.241 e. The Hall–Kier alpha value is -0.570. The van der Waals surface area contributed by atoms with E-state index in [1.165, 1.54) is 0 Å². The van der Waals surface area contributed by atoms with Crippen molar-refractivity contribution in [3.05, 3.63) is 0 Å². The Morgan fingerprint density at radius 3 is 2.50 bits per heavy atom. The molecule has 0 spiro atoms. The van der Waals surface area contributed by atoms with E-state index in [1.807, 2.05) is 13.8 Å². The van der Waals surface area contributed by atoms with Crippen LogP contribution in [-0.2, 0) is 9.53 Å². The number of carbonyl (C=O) groups is 1. The van der Waals surface area contributed by atoms with Gasteiger partial charge in [-0.05, 0) is 33.6 Å². The highest BCUT2D eigenvalue weighted by molar-refractivity contribution is 14.0. The molecule has 0 aromatic heterocycles. The van der Waals surface area contributed by atoms with Crippen molar-refractivity contribution < 1.29 is 9.53 Å². The van der Waals surface area contributed by atoms with Crippen LogP contribution >= 0.6 is 24.0 Å². The van der Waals surface area contributed by atoms with Gasteiger partial charge in [0.05, 0.1) is 5.60 Å². The third-order valence-electron chi connectivity index (χ3n) is 3.03. The molecule has 0 aromatic rings. The van der Waals surface area contributed by atoms with Gasteiger partial charge in [-0.2, -0.15) is 0 Å². The van der Waals surface area contributed by atoms with Gasteiger partial charge < -0.3 is 20.7 Å². The molecule has 1 atom stereocenters. The lowest BCUT2D eigenvalue weighted by molar-refractivity contribution is -0.119. The van der Waals surface area contributed by atoms with E-state index >= 15 is 0 Å². The molecule has 0 aromatic carbocycles. The number of likely N-dealkylation sites (N-methyl/N-ethyl adjacent to an activating group) is 1. The monoisotopic (exact) mass is 398 g/mol. The molecule has 0 aliphatic carbocycles. The minimum Gasteiger partial charge on any atom is -0.373 e. The highest BCUT2D eigenvalue weighted by Crippen LogP contribution is 2.23. The van der Waals surface area contributed by atoms with Crippen LogP contribution in [0.4, 0.5) is 0 Å². The van der Waals surface area contributed by atoms with E-state index in [9.17, 15) is 4.79 Å². The third-order valence-corrected chi connectivity index (χ3v) is 3.03. The predicted octanol–water partition coefficient (Wildman–Crippen LogP) is 0.865. The fraction of sp³-hybridized carbons (Fsp3) is 0.846. The number of hydrogen-bond acceptors (Lipinski definition) is 3. The second kappa shape index (κ2) is 10.2. The van der Waals surface area contributed by atoms with E-state index in [2.05, 4.69) is 27.9 Å². The molecule has 0 bridgehead atoms. The minimum atomic E-state index is -0.123. The molecule has 7 heteroatoms. The first kappa shape index (κ1) is 19.4. The topological polar surface area (TPSA) is 74.8 Å². The van der Waals surface area contributed by atoms with E-state index in [1.54, 1.807) is 0 Å². The van der Waals surface area contributed by atoms with Crippen molar-refractivity contribution in [2.45, 2.75) is 39.2 Å². The second-order valence-electron chi connectivity index (χ2n) is 4.90. The summed E-state index contributed by atoms with van der Waals surface area (Å²) in [7, 11) is 0. The highest BCUT2D eigenvalue weighted by atomic mass is 127. The SMILES string of the molecule is CCNC(=O)CN=C(NCC)NCC1(C)CCCO1.I. The number of nitrogens with zero attached hydrogens (tertiary/aromatic N) is 1. The van der Waals surface area contributed by atoms with Gasteiger partial charge in [0.15, 0.2) is 5.96 Å². The summed E-state index contributed by atoms with van der Waals surface area (Å²) in [5, 5.41) is 9.08. The van der Waals surface area contributed by atoms with E-state index < -0.39 is 0 Å². The Labute approximate surface area is 138 Å². The summed E-state index contributed by atoms with van der Waals surface area (Å²) in [6.45, 7) is 9.05. The number of nitrogens with one attached hydrogen (secondary N) is 3. The lowest BCUT2D eigenvalue weighted by Gasteiger charge is -2.24. The lowest BCUT2D eigenvalue weighted by Crippen LogP contribution is -2.46. The zero-order valence-electron chi connectivity index (χ0n) is 12.6. The fourth-order valence-corrected chi connectivity index (χ4v) is 1.99. The molecule has 1 unspecified atom stereocenters. The summed E-state index contributed by atoms with van der Waals surface area (Å²) < 4.78 is 5.71. The van der Waals surface area contributed by atoms with Crippen molar-refractivity contribution in [1.82, 2.24) is 16.0 Å². The number of hydrogen-bond donors (Lipinski definition) is 3. The van der Waals surface area contributed by atoms with Crippen LogP contribution in [0.5, 0.6) is 0 Å². The zero-order valence-corrected chi connectivity index (χ0v) is 15.0. The maximum atomic E-state index is 11.4. The first-order chi connectivity index (χ1) is 9.09. The third kappa shape index (κ3) is 7.28. The smallest absolute Gasteiger partial charge is 0.241 e. The Bertz CT molecular complexity index is 317. The number of guanidine groups is 1. The summed E-state index contributed by atoms with van der Waals surface area (Å²) in [5.74, 6) is 0.591. The Morgan fingerprint density at radius 2 is 1.95 bits per heavy atom. The molecular weight excluding hydrogens is 371 g/mol. The molecule has 6 nitrogen and oxygen atoms in total. The van der Waals surface area contributed by atoms with Crippen LogP contribution in [-0.4, -0.2) is 50.3 Å².